The molecule has 0 bridgehead atoms. The summed E-state index contributed by atoms with van der Waals surface area (Å²) >= 11 is 6.47. The van der Waals surface area contributed by atoms with Gasteiger partial charge in [-0.2, -0.15) is 0 Å². The summed E-state index contributed by atoms with van der Waals surface area (Å²) < 4.78 is 0. The van der Waals surface area contributed by atoms with Crippen molar-refractivity contribution in [3.63, 3.8) is 0 Å². The zero-order chi connectivity index (χ0) is 16.0. The monoisotopic (exact) mass is 330 g/mol. The van der Waals surface area contributed by atoms with E-state index in [0.717, 1.165) is 53.7 Å². The van der Waals surface area contributed by atoms with Crippen molar-refractivity contribution in [2.45, 2.75) is 31.8 Å². The number of rotatable bonds is 3. The number of benzene rings is 1. The quantitative estimate of drug-likeness (QED) is 0.938. The van der Waals surface area contributed by atoms with Gasteiger partial charge in [0.15, 0.2) is 0 Å². The predicted molar refractivity (Wildman–Crippen MR) is 96.2 cm³/mol. The highest BCUT2D eigenvalue weighted by atomic mass is 35.5. The molecule has 2 N–H and O–H groups in total. The van der Waals surface area contributed by atoms with Crippen molar-refractivity contribution in [2.75, 3.05) is 31.1 Å². The Kier molecular flexibility index (Phi) is 3.92. The van der Waals surface area contributed by atoms with Crippen LogP contribution in [0.15, 0.2) is 24.4 Å². The maximum absolute atomic E-state index is 6.47. The van der Waals surface area contributed by atoms with Crippen LogP contribution < -0.4 is 10.6 Å². The Morgan fingerprint density at radius 2 is 2.00 bits per heavy atom. The van der Waals surface area contributed by atoms with Gasteiger partial charge >= 0.3 is 0 Å². The lowest BCUT2D eigenvalue weighted by atomic mass is 10.0. The molecule has 1 aromatic heterocycles. The molecule has 1 aliphatic heterocycles. The average Bonchev–Trinajstić information content (AvgIpc) is 3.40. The Morgan fingerprint density at radius 1 is 1.26 bits per heavy atom. The third-order valence-corrected chi connectivity index (χ3v) is 5.34. The van der Waals surface area contributed by atoms with Gasteiger partial charge in [-0.05, 0) is 43.5 Å². The first kappa shape index (κ1) is 15.2. The van der Waals surface area contributed by atoms with Crippen LogP contribution in [0.2, 0.25) is 5.02 Å². The molecule has 4 nitrogen and oxygen atoms in total. The Hall–Kier alpha value is -1.36. The van der Waals surface area contributed by atoms with Gasteiger partial charge in [-0.1, -0.05) is 11.6 Å². The average molecular weight is 331 g/mol. The second kappa shape index (κ2) is 5.93. The Bertz CT molecular complexity index is 718. The molecular formula is C18H23ClN4. The lowest BCUT2D eigenvalue weighted by Crippen LogP contribution is -2.47. The maximum Gasteiger partial charge on any atom is 0.0953 e. The van der Waals surface area contributed by atoms with Crippen molar-refractivity contribution in [1.82, 2.24) is 9.88 Å². The Morgan fingerprint density at radius 3 is 2.65 bits per heavy atom. The molecule has 4 rings (SSSR count). The van der Waals surface area contributed by atoms with E-state index in [1.54, 1.807) is 0 Å². The van der Waals surface area contributed by atoms with Gasteiger partial charge in [0.05, 0.1) is 16.2 Å². The number of pyridine rings is 1. The summed E-state index contributed by atoms with van der Waals surface area (Å²) in [6.45, 7) is 6.33. The lowest BCUT2D eigenvalue weighted by molar-refractivity contribution is 0.248. The van der Waals surface area contributed by atoms with Gasteiger partial charge < -0.3 is 10.6 Å². The normalized spacial score (nSPS) is 20.9. The number of anilines is 1. The zero-order valence-electron chi connectivity index (χ0n) is 13.5. The summed E-state index contributed by atoms with van der Waals surface area (Å²) in [6, 6.07) is 6.79. The molecule has 122 valence electrons. The number of nitrogens with zero attached hydrogens (tertiary/aromatic N) is 3. The summed E-state index contributed by atoms with van der Waals surface area (Å²) in [6.07, 6.45) is 4.58. The lowest BCUT2D eigenvalue weighted by Gasteiger charge is -2.38. The van der Waals surface area contributed by atoms with Crippen LogP contribution in [0.5, 0.6) is 0 Å². The largest absolute Gasteiger partial charge is 0.367 e. The SMILES string of the molecule is CC(N)c1cc(Cl)c2cccnc2c1N1CCN(C2CC2)CC1. The minimum absolute atomic E-state index is 0.0598. The van der Waals surface area contributed by atoms with E-state index in [9.17, 15) is 0 Å². The van der Waals surface area contributed by atoms with Crippen LogP contribution in [0, 0.1) is 0 Å². The van der Waals surface area contributed by atoms with Crippen LogP contribution in [0.3, 0.4) is 0 Å². The van der Waals surface area contributed by atoms with Crippen molar-refractivity contribution in [3.05, 3.63) is 35.0 Å². The van der Waals surface area contributed by atoms with Gasteiger partial charge in [-0.3, -0.25) is 9.88 Å². The van der Waals surface area contributed by atoms with E-state index in [1.165, 1.54) is 18.5 Å². The van der Waals surface area contributed by atoms with Crippen molar-refractivity contribution in [2.24, 2.45) is 5.73 Å². The molecule has 1 aromatic carbocycles. The van der Waals surface area contributed by atoms with E-state index in [0.29, 0.717) is 0 Å². The smallest absolute Gasteiger partial charge is 0.0953 e. The minimum Gasteiger partial charge on any atom is -0.367 e. The zero-order valence-corrected chi connectivity index (χ0v) is 14.3. The fourth-order valence-electron chi connectivity index (χ4n) is 3.64. The number of halogens is 1. The van der Waals surface area contributed by atoms with E-state index in [1.807, 2.05) is 31.3 Å². The molecule has 23 heavy (non-hydrogen) atoms. The molecule has 2 aliphatic rings. The topological polar surface area (TPSA) is 45.4 Å². The molecule has 1 unspecified atom stereocenters. The molecule has 2 heterocycles. The Labute approximate surface area is 142 Å². The van der Waals surface area contributed by atoms with Crippen molar-refractivity contribution in [3.8, 4) is 0 Å². The van der Waals surface area contributed by atoms with Crippen LogP contribution in [0.4, 0.5) is 5.69 Å². The highest BCUT2D eigenvalue weighted by molar-refractivity contribution is 6.36. The molecule has 1 saturated carbocycles. The molecule has 1 saturated heterocycles. The van der Waals surface area contributed by atoms with Crippen LogP contribution in [0.1, 0.15) is 31.4 Å². The molecule has 2 aromatic rings. The van der Waals surface area contributed by atoms with E-state index < -0.39 is 0 Å². The summed E-state index contributed by atoms with van der Waals surface area (Å²) in [5.74, 6) is 0. The number of fused-ring (bicyclic) bond motifs is 1. The molecule has 0 amide bonds. The van der Waals surface area contributed by atoms with Crippen molar-refractivity contribution < 1.29 is 0 Å². The first-order chi connectivity index (χ1) is 11.1. The summed E-state index contributed by atoms with van der Waals surface area (Å²) in [7, 11) is 0. The number of hydrogen-bond acceptors (Lipinski definition) is 4. The van der Waals surface area contributed by atoms with Crippen LogP contribution in [-0.4, -0.2) is 42.1 Å². The number of hydrogen-bond donors (Lipinski definition) is 1. The maximum atomic E-state index is 6.47. The minimum atomic E-state index is -0.0598. The third kappa shape index (κ3) is 2.80. The summed E-state index contributed by atoms with van der Waals surface area (Å²) in [4.78, 5) is 9.70. The van der Waals surface area contributed by atoms with Gasteiger partial charge in [0.25, 0.3) is 0 Å². The van der Waals surface area contributed by atoms with Gasteiger partial charge in [-0.25, -0.2) is 0 Å². The molecule has 0 radical (unpaired) electrons. The van der Waals surface area contributed by atoms with Crippen molar-refractivity contribution >= 4 is 28.2 Å². The van der Waals surface area contributed by atoms with Gasteiger partial charge in [0, 0.05) is 49.8 Å². The van der Waals surface area contributed by atoms with E-state index in [2.05, 4.69) is 14.8 Å². The van der Waals surface area contributed by atoms with Crippen LogP contribution in [0.25, 0.3) is 10.9 Å². The first-order valence-electron chi connectivity index (χ1n) is 8.47. The summed E-state index contributed by atoms with van der Waals surface area (Å²) in [5, 5.41) is 1.75. The third-order valence-electron chi connectivity index (χ3n) is 5.03. The van der Waals surface area contributed by atoms with E-state index in [4.69, 9.17) is 17.3 Å². The molecule has 1 atom stereocenters. The molecule has 1 aliphatic carbocycles. The highest BCUT2D eigenvalue weighted by Crippen LogP contribution is 2.38. The fourth-order valence-corrected chi connectivity index (χ4v) is 3.91. The standard InChI is InChI=1S/C18H23ClN4/c1-12(20)15-11-16(19)14-3-2-6-21-17(14)18(15)23-9-7-22(8-10-23)13-4-5-13/h2-3,6,11-13H,4-5,7-10,20H2,1H3. The second-order valence-electron chi connectivity index (χ2n) is 6.74. The Balaban J connectivity index is 1.75. The second-order valence-corrected chi connectivity index (χ2v) is 7.15. The summed E-state index contributed by atoms with van der Waals surface area (Å²) in [5.41, 5.74) is 9.50. The first-order valence-corrected chi connectivity index (χ1v) is 8.84. The number of piperazine rings is 1. The van der Waals surface area contributed by atoms with E-state index >= 15 is 0 Å². The number of nitrogens with two attached hydrogens (primary N) is 1. The molecule has 0 spiro atoms. The molecule has 5 heteroatoms. The van der Waals surface area contributed by atoms with E-state index in [-0.39, 0.29) is 6.04 Å². The van der Waals surface area contributed by atoms with Crippen molar-refractivity contribution in [1.29, 1.82) is 0 Å². The van der Waals surface area contributed by atoms with Crippen LogP contribution in [-0.2, 0) is 0 Å². The molecule has 2 fully saturated rings. The van der Waals surface area contributed by atoms with Gasteiger partial charge in [0.2, 0.25) is 0 Å². The fraction of sp³-hybridized carbons (Fsp3) is 0.500. The van der Waals surface area contributed by atoms with Gasteiger partial charge in [-0.15, -0.1) is 0 Å². The number of aromatic nitrogens is 1. The van der Waals surface area contributed by atoms with Crippen LogP contribution >= 0.6 is 11.6 Å². The predicted octanol–water partition coefficient (Wildman–Crippen LogP) is 3.19. The van der Waals surface area contributed by atoms with Gasteiger partial charge in [0.1, 0.15) is 0 Å². The highest BCUT2D eigenvalue weighted by Gasteiger charge is 2.32. The molecular weight excluding hydrogens is 308 g/mol.